The van der Waals surface area contributed by atoms with Crippen molar-refractivity contribution in [3.63, 3.8) is 0 Å². The highest BCUT2D eigenvalue weighted by atomic mass is 35.5. The van der Waals surface area contributed by atoms with Gasteiger partial charge in [0, 0.05) is 49.4 Å². The molecular formula is C19H20ClN3O2. The first kappa shape index (κ1) is 17.4. The van der Waals surface area contributed by atoms with Crippen LogP contribution in [0.5, 0.6) is 0 Å². The molecule has 25 heavy (non-hydrogen) atoms. The molecule has 1 aromatic carbocycles. The summed E-state index contributed by atoms with van der Waals surface area (Å²) in [6.07, 6.45) is 2.66. The van der Waals surface area contributed by atoms with Crippen molar-refractivity contribution in [2.75, 3.05) is 13.1 Å². The Morgan fingerprint density at radius 3 is 2.80 bits per heavy atom. The number of nitrogens with zero attached hydrogens (tertiary/aromatic N) is 2. The molecule has 1 fully saturated rings. The number of pyridine rings is 1. The second-order valence-electron chi connectivity index (χ2n) is 6.13. The van der Waals surface area contributed by atoms with E-state index >= 15 is 0 Å². The van der Waals surface area contributed by atoms with Crippen LogP contribution in [-0.4, -0.2) is 34.8 Å². The summed E-state index contributed by atoms with van der Waals surface area (Å²) >= 11 is 6.15. The Morgan fingerprint density at radius 1 is 1.24 bits per heavy atom. The van der Waals surface area contributed by atoms with Crippen molar-refractivity contribution in [3.8, 4) is 0 Å². The van der Waals surface area contributed by atoms with Crippen LogP contribution in [0, 0.1) is 5.92 Å². The fourth-order valence-corrected chi connectivity index (χ4v) is 3.13. The lowest BCUT2D eigenvalue weighted by Crippen LogP contribution is -2.34. The Kier molecular flexibility index (Phi) is 5.66. The number of hydrogen-bond acceptors (Lipinski definition) is 3. The maximum Gasteiger partial charge on any atom is 0.225 e. The molecule has 1 aromatic heterocycles. The zero-order valence-electron chi connectivity index (χ0n) is 13.8. The number of carbonyl (C=O) groups excluding carboxylic acids is 2. The molecule has 130 valence electrons. The van der Waals surface area contributed by atoms with E-state index in [0.717, 1.165) is 11.3 Å². The first-order valence-electron chi connectivity index (χ1n) is 8.32. The molecule has 1 aliphatic rings. The van der Waals surface area contributed by atoms with Crippen LogP contribution in [0.15, 0.2) is 48.7 Å². The van der Waals surface area contributed by atoms with Gasteiger partial charge in [0.15, 0.2) is 0 Å². The lowest BCUT2D eigenvalue weighted by atomic mass is 10.1. The third kappa shape index (κ3) is 4.57. The molecule has 1 aliphatic heterocycles. The molecule has 2 amide bonds. The van der Waals surface area contributed by atoms with Gasteiger partial charge in [-0.2, -0.15) is 0 Å². The summed E-state index contributed by atoms with van der Waals surface area (Å²) in [5.41, 5.74) is 1.83. The highest BCUT2D eigenvalue weighted by Gasteiger charge is 2.34. The molecule has 2 aromatic rings. The molecule has 1 atom stereocenters. The molecule has 5 nitrogen and oxygen atoms in total. The average molecular weight is 358 g/mol. The second-order valence-corrected chi connectivity index (χ2v) is 6.54. The van der Waals surface area contributed by atoms with Crippen molar-refractivity contribution in [2.24, 2.45) is 5.92 Å². The maximum absolute atomic E-state index is 12.3. The van der Waals surface area contributed by atoms with Crippen molar-refractivity contribution in [3.05, 3.63) is 64.9 Å². The SMILES string of the molecule is O=C(NCCc1ccccn1)[C@H]1CC(=O)N(Cc2ccccc2Cl)C1. The van der Waals surface area contributed by atoms with Crippen LogP contribution in [0.25, 0.3) is 0 Å². The Labute approximate surface area is 152 Å². The van der Waals surface area contributed by atoms with Crippen molar-refractivity contribution < 1.29 is 9.59 Å². The van der Waals surface area contributed by atoms with Gasteiger partial charge in [0.1, 0.15) is 0 Å². The number of aromatic nitrogens is 1. The van der Waals surface area contributed by atoms with E-state index in [9.17, 15) is 9.59 Å². The van der Waals surface area contributed by atoms with Gasteiger partial charge < -0.3 is 10.2 Å². The average Bonchev–Trinajstić information content (AvgIpc) is 2.99. The number of halogens is 1. The molecule has 3 rings (SSSR count). The monoisotopic (exact) mass is 357 g/mol. The quantitative estimate of drug-likeness (QED) is 0.863. The molecule has 1 saturated heterocycles. The van der Waals surface area contributed by atoms with Gasteiger partial charge in [0.05, 0.1) is 5.92 Å². The topological polar surface area (TPSA) is 62.3 Å². The molecule has 0 spiro atoms. The summed E-state index contributed by atoms with van der Waals surface area (Å²) in [5.74, 6) is -0.394. The van der Waals surface area contributed by atoms with Crippen molar-refractivity contribution >= 4 is 23.4 Å². The van der Waals surface area contributed by atoms with E-state index in [-0.39, 0.29) is 24.2 Å². The lowest BCUT2D eigenvalue weighted by Gasteiger charge is -2.17. The van der Waals surface area contributed by atoms with E-state index in [1.54, 1.807) is 17.2 Å². The number of rotatable bonds is 6. The van der Waals surface area contributed by atoms with Crippen molar-refractivity contribution in [2.45, 2.75) is 19.4 Å². The van der Waals surface area contributed by atoms with Crippen LogP contribution in [0.1, 0.15) is 17.7 Å². The fourth-order valence-electron chi connectivity index (χ4n) is 2.94. The van der Waals surface area contributed by atoms with Crippen molar-refractivity contribution in [1.82, 2.24) is 15.2 Å². The molecule has 2 heterocycles. The molecule has 0 radical (unpaired) electrons. The molecule has 0 aliphatic carbocycles. The van der Waals surface area contributed by atoms with Gasteiger partial charge in [-0.25, -0.2) is 0 Å². The van der Waals surface area contributed by atoms with Gasteiger partial charge in [0.2, 0.25) is 11.8 Å². The number of benzene rings is 1. The van der Waals surface area contributed by atoms with Gasteiger partial charge in [-0.3, -0.25) is 14.6 Å². The zero-order chi connectivity index (χ0) is 17.6. The molecular weight excluding hydrogens is 338 g/mol. The minimum Gasteiger partial charge on any atom is -0.355 e. The van der Waals surface area contributed by atoms with Crippen LogP contribution in [0.4, 0.5) is 0 Å². The van der Waals surface area contributed by atoms with Crippen LogP contribution in [-0.2, 0) is 22.6 Å². The Bertz CT molecular complexity index is 751. The van der Waals surface area contributed by atoms with E-state index in [1.807, 2.05) is 36.4 Å². The van der Waals surface area contributed by atoms with Crippen LogP contribution < -0.4 is 5.32 Å². The van der Waals surface area contributed by atoms with Gasteiger partial charge in [-0.15, -0.1) is 0 Å². The van der Waals surface area contributed by atoms with E-state index in [0.29, 0.717) is 31.1 Å². The van der Waals surface area contributed by atoms with E-state index in [1.165, 1.54) is 0 Å². The summed E-state index contributed by atoms with van der Waals surface area (Å²) < 4.78 is 0. The summed E-state index contributed by atoms with van der Waals surface area (Å²) in [7, 11) is 0. The molecule has 0 unspecified atom stereocenters. The van der Waals surface area contributed by atoms with Crippen LogP contribution >= 0.6 is 11.6 Å². The van der Waals surface area contributed by atoms with Gasteiger partial charge >= 0.3 is 0 Å². The first-order valence-corrected chi connectivity index (χ1v) is 8.70. The number of carbonyl (C=O) groups is 2. The number of amides is 2. The van der Waals surface area contributed by atoms with Gasteiger partial charge in [-0.05, 0) is 23.8 Å². The standard InChI is InChI=1S/C19H20ClN3O2/c20-17-7-2-1-5-14(17)12-23-13-15(11-18(23)24)19(25)22-10-8-16-6-3-4-9-21-16/h1-7,9,15H,8,10-13H2,(H,22,25)/t15-/m0/s1. The third-order valence-corrected chi connectivity index (χ3v) is 4.68. The number of likely N-dealkylation sites (tertiary alicyclic amines) is 1. The molecule has 0 bridgehead atoms. The van der Waals surface area contributed by atoms with Crippen molar-refractivity contribution in [1.29, 1.82) is 0 Å². The maximum atomic E-state index is 12.3. The molecule has 1 N–H and O–H groups in total. The Balaban J connectivity index is 1.50. The summed E-state index contributed by atoms with van der Waals surface area (Å²) in [5, 5.41) is 3.54. The highest BCUT2D eigenvalue weighted by molar-refractivity contribution is 6.31. The smallest absolute Gasteiger partial charge is 0.225 e. The highest BCUT2D eigenvalue weighted by Crippen LogP contribution is 2.23. The Hall–Kier alpha value is -2.40. The number of nitrogens with one attached hydrogen (secondary N) is 1. The van der Waals surface area contributed by atoms with Gasteiger partial charge in [0.25, 0.3) is 0 Å². The zero-order valence-corrected chi connectivity index (χ0v) is 14.6. The second kappa shape index (κ2) is 8.12. The molecule has 6 heteroatoms. The summed E-state index contributed by atoms with van der Waals surface area (Å²) in [4.78, 5) is 30.4. The minimum absolute atomic E-state index is 0.00945. The first-order chi connectivity index (χ1) is 12.1. The Morgan fingerprint density at radius 2 is 2.04 bits per heavy atom. The largest absolute Gasteiger partial charge is 0.355 e. The predicted molar refractivity (Wildman–Crippen MR) is 95.9 cm³/mol. The predicted octanol–water partition coefficient (Wildman–Crippen LogP) is 2.44. The molecule has 0 saturated carbocycles. The van der Waals surface area contributed by atoms with E-state index < -0.39 is 0 Å². The normalized spacial score (nSPS) is 16.9. The minimum atomic E-state index is -0.307. The van der Waals surface area contributed by atoms with Crippen LogP contribution in [0.3, 0.4) is 0 Å². The fraction of sp³-hybridized carbons (Fsp3) is 0.316. The van der Waals surface area contributed by atoms with E-state index in [4.69, 9.17) is 11.6 Å². The van der Waals surface area contributed by atoms with Gasteiger partial charge in [-0.1, -0.05) is 35.9 Å². The lowest BCUT2D eigenvalue weighted by molar-refractivity contribution is -0.129. The number of hydrogen-bond donors (Lipinski definition) is 1. The van der Waals surface area contributed by atoms with Crippen LogP contribution in [0.2, 0.25) is 5.02 Å². The van der Waals surface area contributed by atoms with E-state index in [2.05, 4.69) is 10.3 Å². The third-order valence-electron chi connectivity index (χ3n) is 4.31. The summed E-state index contributed by atoms with van der Waals surface area (Å²) in [6.45, 7) is 1.39. The summed E-state index contributed by atoms with van der Waals surface area (Å²) in [6, 6.07) is 13.2.